The molecule has 0 spiro atoms. The van der Waals surface area contributed by atoms with Crippen molar-refractivity contribution in [3.8, 4) is 0 Å². The molecule has 0 saturated carbocycles. The minimum absolute atomic E-state index is 0.0794. The van der Waals surface area contributed by atoms with Crippen molar-refractivity contribution < 1.29 is 8.42 Å². The molecule has 2 aromatic rings. The van der Waals surface area contributed by atoms with E-state index in [1.807, 2.05) is 0 Å². The Morgan fingerprint density at radius 2 is 2.00 bits per heavy atom. The predicted molar refractivity (Wildman–Crippen MR) is 88.5 cm³/mol. The van der Waals surface area contributed by atoms with E-state index in [2.05, 4.69) is 27.5 Å². The second kappa shape index (κ2) is 6.45. The Hall–Kier alpha value is -1.60. The van der Waals surface area contributed by atoms with Gasteiger partial charge in [0.25, 0.3) is 10.0 Å². The van der Waals surface area contributed by atoms with Gasteiger partial charge in [-0.2, -0.15) is 0 Å². The van der Waals surface area contributed by atoms with E-state index >= 15 is 0 Å². The first kappa shape index (κ1) is 15.8. The highest BCUT2D eigenvalue weighted by Crippen LogP contribution is 2.21. The smallest absolute Gasteiger partial charge is 0.246 e. The van der Waals surface area contributed by atoms with E-state index in [9.17, 15) is 8.42 Å². The van der Waals surface area contributed by atoms with Crippen LogP contribution in [0.5, 0.6) is 0 Å². The summed E-state index contributed by atoms with van der Waals surface area (Å²) in [5.74, 6) is 0.182. The van der Waals surface area contributed by atoms with Crippen LogP contribution in [0.25, 0.3) is 0 Å². The fourth-order valence-electron chi connectivity index (χ4n) is 1.79. The third-order valence-corrected chi connectivity index (χ3v) is 4.93. The second-order valence-corrected chi connectivity index (χ2v) is 6.98. The highest BCUT2D eigenvalue weighted by atomic mass is 79.9. The lowest BCUT2D eigenvalue weighted by molar-refractivity contribution is 0.592. The van der Waals surface area contributed by atoms with Crippen LogP contribution in [-0.2, 0) is 10.0 Å². The molecule has 1 aromatic carbocycles. The summed E-state index contributed by atoms with van der Waals surface area (Å²) in [7, 11) is 2.15. The van der Waals surface area contributed by atoms with Gasteiger partial charge in [-0.15, -0.1) is 6.58 Å². The number of benzene rings is 1. The first-order chi connectivity index (χ1) is 9.96. The molecule has 0 bridgehead atoms. The van der Waals surface area contributed by atoms with Crippen LogP contribution in [0.3, 0.4) is 0 Å². The molecular formula is C14H12BBrN2O2S. The third kappa shape index (κ3) is 3.36. The van der Waals surface area contributed by atoms with Crippen molar-refractivity contribution in [2.75, 3.05) is 10.8 Å². The molecule has 0 amide bonds. The molecule has 7 heteroatoms. The molecule has 0 N–H and O–H groups in total. The molecule has 1 heterocycles. The number of rotatable bonds is 5. The highest BCUT2D eigenvalue weighted by molar-refractivity contribution is 9.10. The summed E-state index contributed by atoms with van der Waals surface area (Å²) in [6.07, 6.45) is 2.99. The Morgan fingerprint density at radius 1 is 1.33 bits per heavy atom. The molecule has 106 valence electrons. The maximum absolute atomic E-state index is 12.7. The number of anilines is 1. The average Bonchev–Trinajstić information content (AvgIpc) is 2.46. The van der Waals surface area contributed by atoms with Crippen LogP contribution in [0, 0.1) is 0 Å². The molecule has 0 atom stereocenters. The largest absolute Gasteiger partial charge is 0.265 e. The molecule has 21 heavy (non-hydrogen) atoms. The Kier molecular flexibility index (Phi) is 4.85. The van der Waals surface area contributed by atoms with Gasteiger partial charge < -0.3 is 0 Å². The van der Waals surface area contributed by atoms with Crippen LogP contribution in [0.2, 0.25) is 0 Å². The number of hydrogen-bond donors (Lipinski definition) is 0. The highest BCUT2D eigenvalue weighted by Gasteiger charge is 2.25. The molecule has 4 nitrogen and oxygen atoms in total. The van der Waals surface area contributed by atoms with Crippen molar-refractivity contribution in [2.45, 2.75) is 4.90 Å². The van der Waals surface area contributed by atoms with Crippen LogP contribution >= 0.6 is 15.9 Å². The van der Waals surface area contributed by atoms with E-state index in [-0.39, 0.29) is 22.7 Å². The first-order valence-corrected chi connectivity index (χ1v) is 8.30. The standard InChI is InChI=1S/C14H12BBrN2O2S/c1-2-8-18(14-13(15)9-11(16)10-17-14)21(19,20)12-6-4-3-5-7-12/h2-7,9-10H,1,8H2. The van der Waals surface area contributed by atoms with Gasteiger partial charge in [-0.05, 0) is 34.1 Å². The summed E-state index contributed by atoms with van der Waals surface area (Å²) < 4.78 is 27.3. The molecule has 1 aromatic heterocycles. The quantitative estimate of drug-likeness (QED) is 0.604. The molecular weight excluding hydrogens is 351 g/mol. The summed E-state index contributed by atoms with van der Waals surface area (Å²) in [4.78, 5) is 4.29. The SMILES string of the molecule is [B]c1cc(Br)cnc1N(CC=C)S(=O)(=O)c1ccccc1. The van der Waals surface area contributed by atoms with E-state index in [0.29, 0.717) is 4.47 Å². The number of aromatic nitrogens is 1. The lowest BCUT2D eigenvalue weighted by Gasteiger charge is -2.23. The van der Waals surface area contributed by atoms with Crippen LogP contribution < -0.4 is 9.77 Å². The van der Waals surface area contributed by atoms with Gasteiger partial charge in [-0.1, -0.05) is 29.7 Å². The second-order valence-electron chi connectivity index (χ2n) is 4.20. The monoisotopic (exact) mass is 362 g/mol. The van der Waals surface area contributed by atoms with Gasteiger partial charge >= 0.3 is 0 Å². The van der Waals surface area contributed by atoms with Gasteiger partial charge in [-0.25, -0.2) is 17.7 Å². The van der Waals surface area contributed by atoms with Crippen molar-refractivity contribution in [1.82, 2.24) is 4.98 Å². The van der Waals surface area contributed by atoms with Crippen LogP contribution in [-0.4, -0.2) is 27.8 Å². The zero-order valence-corrected chi connectivity index (χ0v) is 13.5. The normalized spacial score (nSPS) is 11.1. The van der Waals surface area contributed by atoms with E-state index in [4.69, 9.17) is 7.85 Å². The minimum atomic E-state index is -3.75. The van der Waals surface area contributed by atoms with Gasteiger partial charge in [0.1, 0.15) is 13.7 Å². The van der Waals surface area contributed by atoms with Gasteiger partial charge in [0.05, 0.1) is 11.4 Å². The first-order valence-electron chi connectivity index (χ1n) is 6.06. The summed E-state index contributed by atoms with van der Waals surface area (Å²) in [5, 5.41) is 0. The zero-order chi connectivity index (χ0) is 15.5. The van der Waals surface area contributed by atoms with Crippen LogP contribution in [0.15, 0.2) is 64.6 Å². The van der Waals surface area contributed by atoms with Crippen LogP contribution in [0.4, 0.5) is 5.82 Å². The molecule has 2 radical (unpaired) electrons. The fourth-order valence-corrected chi connectivity index (χ4v) is 3.58. The van der Waals surface area contributed by atoms with Crippen molar-refractivity contribution >= 4 is 45.1 Å². The zero-order valence-electron chi connectivity index (χ0n) is 11.1. The van der Waals surface area contributed by atoms with E-state index in [1.165, 1.54) is 24.4 Å². The van der Waals surface area contributed by atoms with Gasteiger partial charge in [0.15, 0.2) is 0 Å². The number of pyridine rings is 1. The molecule has 0 fully saturated rings. The number of nitrogens with zero attached hydrogens (tertiary/aromatic N) is 2. The van der Waals surface area contributed by atoms with E-state index in [0.717, 1.165) is 4.31 Å². The average molecular weight is 363 g/mol. The summed E-state index contributed by atoms with van der Waals surface area (Å²) in [6.45, 7) is 3.68. The summed E-state index contributed by atoms with van der Waals surface area (Å²) in [6, 6.07) is 9.75. The summed E-state index contributed by atoms with van der Waals surface area (Å²) >= 11 is 3.25. The van der Waals surface area contributed by atoms with Crippen molar-refractivity contribution in [3.63, 3.8) is 0 Å². The Labute approximate surface area is 134 Å². The van der Waals surface area contributed by atoms with E-state index < -0.39 is 10.0 Å². The number of hydrogen-bond acceptors (Lipinski definition) is 3. The Balaban J connectivity index is 2.56. The number of sulfonamides is 1. The van der Waals surface area contributed by atoms with Gasteiger partial charge in [0, 0.05) is 10.7 Å². The van der Waals surface area contributed by atoms with E-state index in [1.54, 1.807) is 24.3 Å². The topological polar surface area (TPSA) is 50.3 Å². The molecule has 0 aliphatic carbocycles. The Morgan fingerprint density at radius 3 is 2.57 bits per heavy atom. The third-order valence-electron chi connectivity index (χ3n) is 2.72. The lowest BCUT2D eigenvalue weighted by Crippen LogP contribution is -2.35. The maximum Gasteiger partial charge on any atom is 0.265 e. The molecule has 2 rings (SSSR count). The predicted octanol–water partition coefficient (Wildman–Crippen LogP) is 2.02. The lowest BCUT2D eigenvalue weighted by atomic mass is 9.97. The molecule has 0 unspecified atom stereocenters. The van der Waals surface area contributed by atoms with Crippen molar-refractivity contribution in [2.24, 2.45) is 0 Å². The van der Waals surface area contributed by atoms with Gasteiger partial charge in [-0.3, -0.25) is 0 Å². The molecule has 0 saturated heterocycles. The summed E-state index contributed by atoms with van der Waals surface area (Å²) in [5.41, 5.74) is 0.269. The fraction of sp³-hybridized carbons (Fsp3) is 0.0714. The number of halogens is 1. The molecule has 0 aliphatic heterocycles. The van der Waals surface area contributed by atoms with Crippen LogP contribution in [0.1, 0.15) is 0 Å². The minimum Gasteiger partial charge on any atom is -0.246 e. The maximum atomic E-state index is 12.7. The van der Waals surface area contributed by atoms with Crippen molar-refractivity contribution in [3.05, 3.63) is 59.7 Å². The van der Waals surface area contributed by atoms with Gasteiger partial charge in [0.2, 0.25) is 0 Å². The van der Waals surface area contributed by atoms with Crippen molar-refractivity contribution in [1.29, 1.82) is 0 Å². The molecule has 0 aliphatic rings. The Bertz CT molecular complexity index is 751.